The van der Waals surface area contributed by atoms with Gasteiger partial charge < -0.3 is 9.47 Å². The van der Waals surface area contributed by atoms with Gasteiger partial charge in [-0.25, -0.2) is 0 Å². The van der Waals surface area contributed by atoms with Gasteiger partial charge in [0, 0.05) is 0 Å². The van der Waals surface area contributed by atoms with E-state index in [2.05, 4.69) is 0 Å². The first-order valence-corrected chi connectivity index (χ1v) is 6.29. The van der Waals surface area contributed by atoms with E-state index < -0.39 is 0 Å². The van der Waals surface area contributed by atoms with Crippen LogP contribution in [-0.4, -0.2) is 36.0 Å². The van der Waals surface area contributed by atoms with Gasteiger partial charge in [-0.1, -0.05) is 0 Å². The van der Waals surface area contributed by atoms with Crippen molar-refractivity contribution >= 4 is 29.2 Å². The molecule has 0 aromatic heterocycles. The molecule has 0 aromatic rings. The van der Waals surface area contributed by atoms with E-state index in [1.165, 1.54) is 0 Å². The molecule has 0 aromatic carbocycles. The maximum absolute atomic E-state index is 11.7. The molecule has 0 N–H and O–H groups in total. The van der Waals surface area contributed by atoms with E-state index in [0.29, 0.717) is 12.2 Å². The van der Waals surface area contributed by atoms with Crippen LogP contribution in [0.15, 0.2) is 0 Å². The molecule has 1 saturated heterocycles. The number of fused-ring (bicyclic) bond motifs is 1. The van der Waals surface area contributed by atoms with Crippen molar-refractivity contribution in [3.63, 3.8) is 0 Å². The van der Waals surface area contributed by atoms with Crippen molar-refractivity contribution in [2.24, 2.45) is 5.92 Å². The summed E-state index contributed by atoms with van der Waals surface area (Å²) in [4.78, 5) is 11.7. The van der Waals surface area contributed by atoms with E-state index in [1.54, 1.807) is 0 Å². The molecule has 0 radical (unpaired) electrons. The van der Waals surface area contributed by atoms with Gasteiger partial charge in [0.25, 0.3) is 0 Å². The predicted molar refractivity (Wildman–Crippen MR) is 57.3 cm³/mol. The SMILES string of the molecule is O=C(OC(CCl)CCl)C1CCC2OC2C1. The number of esters is 1. The molecule has 1 saturated carbocycles. The van der Waals surface area contributed by atoms with E-state index in [9.17, 15) is 4.79 Å². The van der Waals surface area contributed by atoms with Gasteiger partial charge in [-0.3, -0.25) is 4.79 Å². The summed E-state index contributed by atoms with van der Waals surface area (Å²) in [6.45, 7) is 0. The molecular formula is C10H14Cl2O3. The number of rotatable bonds is 4. The van der Waals surface area contributed by atoms with E-state index >= 15 is 0 Å². The van der Waals surface area contributed by atoms with E-state index in [1.807, 2.05) is 0 Å². The minimum atomic E-state index is -0.362. The molecule has 0 spiro atoms. The Morgan fingerprint density at radius 2 is 2.07 bits per heavy atom. The highest BCUT2D eigenvalue weighted by Gasteiger charge is 2.46. The van der Waals surface area contributed by atoms with Gasteiger partial charge in [0.15, 0.2) is 0 Å². The highest BCUT2D eigenvalue weighted by Crippen LogP contribution is 2.39. The molecule has 2 rings (SSSR count). The summed E-state index contributed by atoms with van der Waals surface area (Å²) in [5.74, 6) is 0.313. The van der Waals surface area contributed by atoms with Gasteiger partial charge in [-0.05, 0) is 19.3 Å². The van der Waals surface area contributed by atoms with Crippen LogP contribution in [0.25, 0.3) is 0 Å². The molecule has 5 heteroatoms. The molecule has 2 aliphatic rings. The minimum Gasteiger partial charge on any atom is -0.460 e. The number of halogens is 2. The summed E-state index contributed by atoms with van der Waals surface area (Å²) < 4.78 is 10.6. The van der Waals surface area contributed by atoms with Crippen LogP contribution in [0.5, 0.6) is 0 Å². The summed E-state index contributed by atoms with van der Waals surface area (Å²) in [6.07, 6.45) is 2.96. The Hall–Kier alpha value is 0.01000. The van der Waals surface area contributed by atoms with Gasteiger partial charge in [0.2, 0.25) is 0 Å². The molecular weight excluding hydrogens is 239 g/mol. The molecule has 3 unspecified atom stereocenters. The Balaban J connectivity index is 1.79. The minimum absolute atomic E-state index is 0.0253. The molecule has 1 aliphatic heterocycles. The first-order chi connectivity index (χ1) is 7.24. The average molecular weight is 253 g/mol. The smallest absolute Gasteiger partial charge is 0.309 e. The second kappa shape index (κ2) is 4.89. The maximum atomic E-state index is 11.7. The van der Waals surface area contributed by atoms with Crippen molar-refractivity contribution in [3.05, 3.63) is 0 Å². The van der Waals surface area contributed by atoms with Gasteiger partial charge in [0.1, 0.15) is 6.10 Å². The number of ether oxygens (including phenoxy) is 2. The fraction of sp³-hybridized carbons (Fsp3) is 0.900. The molecule has 2 fully saturated rings. The second-order valence-corrected chi connectivity index (χ2v) is 4.71. The lowest BCUT2D eigenvalue weighted by molar-refractivity contribution is -0.153. The monoisotopic (exact) mass is 252 g/mol. The second-order valence-electron chi connectivity index (χ2n) is 4.09. The summed E-state index contributed by atoms with van der Waals surface area (Å²) in [7, 11) is 0. The van der Waals surface area contributed by atoms with Crippen LogP contribution in [0.3, 0.4) is 0 Å². The van der Waals surface area contributed by atoms with Crippen molar-refractivity contribution in [2.45, 2.75) is 37.6 Å². The standard InChI is InChI=1S/C10H14Cl2O3/c11-4-7(5-12)14-10(13)6-1-2-8-9(3-6)15-8/h6-9H,1-5H2. The number of carbonyl (C=O) groups is 1. The zero-order valence-electron chi connectivity index (χ0n) is 8.33. The van der Waals surface area contributed by atoms with Crippen molar-refractivity contribution in [1.29, 1.82) is 0 Å². The average Bonchev–Trinajstić information content (AvgIpc) is 3.03. The van der Waals surface area contributed by atoms with Gasteiger partial charge in [-0.15, -0.1) is 23.2 Å². The largest absolute Gasteiger partial charge is 0.460 e. The van der Waals surface area contributed by atoms with Crippen LogP contribution in [0.1, 0.15) is 19.3 Å². The third-order valence-electron chi connectivity index (χ3n) is 2.96. The van der Waals surface area contributed by atoms with E-state index in [0.717, 1.165) is 19.3 Å². The quantitative estimate of drug-likeness (QED) is 0.436. The molecule has 1 aliphatic carbocycles. The van der Waals surface area contributed by atoms with Crippen molar-refractivity contribution in [3.8, 4) is 0 Å². The zero-order valence-corrected chi connectivity index (χ0v) is 9.84. The number of hydrogen-bond acceptors (Lipinski definition) is 3. The Kier molecular flexibility index (Phi) is 3.75. The molecule has 3 nitrogen and oxygen atoms in total. The Bertz CT molecular complexity index is 243. The fourth-order valence-electron chi connectivity index (χ4n) is 1.98. The predicted octanol–water partition coefficient (Wildman–Crippen LogP) is 1.94. The van der Waals surface area contributed by atoms with Crippen LogP contribution in [0, 0.1) is 5.92 Å². The number of epoxide rings is 1. The first kappa shape index (κ1) is 11.5. The Morgan fingerprint density at radius 3 is 2.67 bits per heavy atom. The lowest BCUT2D eigenvalue weighted by Crippen LogP contribution is -2.29. The number of alkyl halides is 2. The fourth-order valence-corrected chi connectivity index (χ4v) is 2.44. The Labute approximate surface area is 99.0 Å². The summed E-state index contributed by atoms with van der Waals surface area (Å²) >= 11 is 11.2. The van der Waals surface area contributed by atoms with Crippen LogP contribution < -0.4 is 0 Å². The van der Waals surface area contributed by atoms with Gasteiger partial charge in [-0.2, -0.15) is 0 Å². The van der Waals surface area contributed by atoms with Crippen LogP contribution >= 0.6 is 23.2 Å². The number of hydrogen-bond donors (Lipinski definition) is 0. The summed E-state index contributed by atoms with van der Waals surface area (Å²) in [5.41, 5.74) is 0. The molecule has 0 amide bonds. The molecule has 1 heterocycles. The Morgan fingerprint density at radius 1 is 1.33 bits per heavy atom. The van der Waals surface area contributed by atoms with Crippen LogP contribution in [0.2, 0.25) is 0 Å². The van der Waals surface area contributed by atoms with Gasteiger partial charge in [0.05, 0.1) is 29.9 Å². The first-order valence-electron chi connectivity index (χ1n) is 5.22. The van der Waals surface area contributed by atoms with Crippen LogP contribution in [-0.2, 0) is 14.3 Å². The summed E-state index contributed by atoms with van der Waals surface area (Å²) in [6, 6.07) is 0. The van der Waals surface area contributed by atoms with Crippen molar-refractivity contribution in [2.75, 3.05) is 11.8 Å². The highest BCUT2D eigenvalue weighted by molar-refractivity contribution is 6.21. The molecule has 0 bridgehead atoms. The topological polar surface area (TPSA) is 38.8 Å². The molecule has 86 valence electrons. The lowest BCUT2D eigenvalue weighted by atomic mass is 9.89. The summed E-state index contributed by atoms with van der Waals surface area (Å²) in [5, 5.41) is 0. The third-order valence-corrected chi connectivity index (χ3v) is 3.65. The molecule has 15 heavy (non-hydrogen) atoms. The van der Waals surface area contributed by atoms with E-state index in [4.69, 9.17) is 32.7 Å². The van der Waals surface area contributed by atoms with Crippen molar-refractivity contribution in [1.82, 2.24) is 0 Å². The normalized spacial score (nSPS) is 33.7. The van der Waals surface area contributed by atoms with E-state index in [-0.39, 0.29) is 29.8 Å². The van der Waals surface area contributed by atoms with Gasteiger partial charge >= 0.3 is 5.97 Å². The zero-order chi connectivity index (χ0) is 10.8. The number of carbonyl (C=O) groups excluding carboxylic acids is 1. The highest BCUT2D eigenvalue weighted by atomic mass is 35.5. The third kappa shape index (κ3) is 2.77. The molecule has 3 atom stereocenters. The lowest BCUT2D eigenvalue weighted by Gasteiger charge is -2.20. The maximum Gasteiger partial charge on any atom is 0.309 e. The van der Waals surface area contributed by atoms with Crippen LogP contribution in [0.4, 0.5) is 0 Å². The van der Waals surface area contributed by atoms with Crippen molar-refractivity contribution < 1.29 is 14.3 Å².